The van der Waals surface area contributed by atoms with Crippen molar-refractivity contribution in [2.45, 2.75) is 46.1 Å². The van der Waals surface area contributed by atoms with Crippen LogP contribution in [0, 0.1) is 6.92 Å². The van der Waals surface area contributed by atoms with Crippen LogP contribution in [0.15, 0.2) is 24.3 Å². The minimum absolute atomic E-state index is 0.0852. The van der Waals surface area contributed by atoms with E-state index in [2.05, 4.69) is 36.1 Å². The molecule has 2 rings (SSSR count). The summed E-state index contributed by atoms with van der Waals surface area (Å²) in [7, 11) is 0. The Labute approximate surface area is 109 Å². The van der Waals surface area contributed by atoms with Crippen LogP contribution in [0.1, 0.15) is 39.3 Å². The third-order valence-electron chi connectivity index (χ3n) is 3.73. The van der Waals surface area contributed by atoms with Gasteiger partial charge in [-0.15, -0.1) is 0 Å². The highest BCUT2D eigenvalue weighted by Crippen LogP contribution is 2.23. The van der Waals surface area contributed by atoms with Crippen LogP contribution in [0.25, 0.3) is 11.0 Å². The molecule has 0 aliphatic carbocycles. The van der Waals surface area contributed by atoms with Crippen molar-refractivity contribution in [2.24, 2.45) is 0 Å². The Bertz CT molecular complexity index is 544. The van der Waals surface area contributed by atoms with E-state index < -0.39 is 0 Å². The largest absolute Gasteiger partial charge is 0.363 e. The molecule has 96 valence electrons. The van der Waals surface area contributed by atoms with E-state index in [1.54, 1.807) is 0 Å². The van der Waals surface area contributed by atoms with E-state index in [1.165, 1.54) is 0 Å². The van der Waals surface area contributed by atoms with Gasteiger partial charge in [-0.05, 0) is 38.8 Å². The lowest BCUT2D eigenvalue weighted by molar-refractivity contribution is 0.476. The van der Waals surface area contributed by atoms with Gasteiger partial charge >= 0.3 is 0 Å². The van der Waals surface area contributed by atoms with Crippen molar-refractivity contribution in [1.29, 1.82) is 0 Å². The van der Waals surface area contributed by atoms with Gasteiger partial charge in [0.2, 0.25) is 0 Å². The van der Waals surface area contributed by atoms with Gasteiger partial charge in [-0.25, -0.2) is 9.97 Å². The molecular formula is C15H21N3. The molecule has 0 fully saturated rings. The lowest BCUT2D eigenvalue weighted by Crippen LogP contribution is -2.33. The van der Waals surface area contributed by atoms with Gasteiger partial charge in [0.1, 0.15) is 5.82 Å². The fourth-order valence-corrected chi connectivity index (χ4v) is 1.92. The van der Waals surface area contributed by atoms with Crippen LogP contribution in [-0.2, 0) is 0 Å². The molecule has 0 aliphatic heterocycles. The summed E-state index contributed by atoms with van der Waals surface area (Å²) in [6.07, 6.45) is 2.13. The number of aromatic nitrogens is 2. The monoisotopic (exact) mass is 243 g/mol. The normalized spacial score (nSPS) is 11.8. The second-order valence-electron chi connectivity index (χ2n) is 5.04. The number of rotatable bonds is 4. The second-order valence-corrected chi connectivity index (χ2v) is 5.04. The Hall–Kier alpha value is -1.64. The molecule has 0 radical (unpaired) electrons. The molecule has 3 nitrogen and oxygen atoms in total. The zero-order valence-electron chi connectivity index (χ0n) is 11.6. The molecular weight excluding hydrogens is 222 g/mol. The molecule has 0 bridgehead atoms. The quantitative estimate of drug-likeness (QED) is 0.884. The molecule has 1 aromatic heterocycles. The highest BCUT2D eigenvalue weighted by molar-refractivity contribution is 5.76. The summed E-state index contributed by atoms with van der Waals surface area (Å²) in [4.78, 5) is 9.29. The van der Waals surface area contributed by atoms with Crippen molar-refractivity contribution in [1.82, 2.24) is 9.97 Å². The van der Waals surface area contributed by atoms with Crippen LogP contribution in [0.3, 0.4) is 0 Å². The van der Waals surface area contributed by atoms with E-state index in [-0.39, 0.29) is 5.54 Å². The van der Waals surface area contributed by atoms with Crippen molar-refractivity contribution in [3.8, 4) is 0 Å². The Morgan fingerprint density at radius 3 is 2.17 bits per heavy atom. The molecule has 0 amide bonds. The van der Waals surface area contributed by atoms with Gasteiger partial charge in [0, 0.05) is 5.54 Å². The van der Waals surface area contributed by atoms with Gasteiger partial charge in [-0.1, -0.05) is 26.0 Å². The van der Waals surface area contributed by atoms with Crippen LogP contribution in [0.4, 0.5) is 5.82 Å². The van der Waals surface area contributed by atoms with Crippen molar-refractivity contribution >= 4 is 16.9 Å². The SMILES string of the molecule is CCC(C)(CC)Nc1nc2ccccc2nc1C. The summed E-state index contributed by atoms with van der Waals surface area (Å²) in [5, 5.41) is 3.54. The maximum Gasteiger partial charge on any atom is 0.148 e. The average Bonchev–Trinajstić information content (AvgIpc) is 2.39. The second kappa shape index (κ2) is 4.92. The predicted octanol–water partition coefficient (Wildman–Crippen LogP) is 3.93. The van der Waals surface area contributed by atoms with Crippen molar-refractivity contribution in [3.05, 3.63) is 30.0 Å². The zero-order chi connectivity index (χ0) is 13.2. The smallest absolute Gasteiger partial charge is 0.148 e. The molecule has 1 aromatic carbocycles. The summed E-state index contributed by atoms with van der Waals surface area (Å²) in [5.41, 5.74) is 2.94. The molecule has 0 saturated heterocycles. The molecule has 0 saturated carbocycles. The van der Waals surface area contributed by atoms with Crippen LogP contribution < -0.4 is 5.32 Å². The highest BCUT2D eigenvalue weighted by Gasteiger charge is 2.20. The lowest BCUT2D eigenvalue weighted by atomic mass is 9.95. The maximum absolute atomic E-state index is 4.68. The first-order valence-electron chi connectivity index (χ1n) is 6.59. The lowest BCUT2D eigenvalue weighted by Gasteiger charge is -2.29. The molecule has 0 aliphatic rings. The number of nitrogens with one attached hydrogen (secondary N) is 1. The summed E-state index contributed by atoms with van der Waals surface area (Å²) in [6, 6.07) is 7.99. The van der Waals surface area contributed by atoms with Crippen molar-refractivity contribution < 1.29 is 0 Å². The molecule has 1 N–H and O–H groups in total. The first kappa shape index (κ1) is 12.8. The summed E-state index contributed by atoms with van der Waals surface area (Å²) < 4.78 is 0. The number of para-hydroxylation sites is 2. The standard InChI is InChI=1S/C15H21N3/c1-5-15(4,6-2)18-14-11(3)16-12-9-7-8-10-13(12)17-14/h7-10H,5-6H2,1-4H3,(H,17,18). The van der Waals surface area contributed by atoms with Crippen molar-refractivity contribution in [3.63, 3.8) is 0 Å². The van der Waals surface area contributed by atoms with Gasteiger partial charge in [0.15, 0.2) is 0 Å². The first-order chi connectivity index (χ1) is 8.58. The van der Waals surface area contributed by atoms with Gasteiger partial charge in [-0.3, -0.25) is 0 Å². The Kier molecular flexibility index (Phi) is 3.50. The molecule has 0 spiro atoms. The number of benzene rings is 1. The third-order valence-corrected chi connectivity index (χ3v) is 3.73. The van der Waals surface area contributed by atoms with E-state index in [0.29, 0.717) is 0 Å². The molecule has 0 atom stereocenters. The minimum atomic E-state index is 0.0852. The number of aryl methyl sites for hydroxylation is 1. The Morgan fingerprint density at radius 1 is 1.06 bits per heavy atom. The predicted molar refractivity (Wildman–Crippen MR) is 76.9 cm³/mol. The van der Waals surface area contributed by atoms with Gasteiger partial charge < -0.3 is 5.32 Å². The number of hydrogen-bond acceptors (Lipinski definition) is 3. The number of anilines is 1. The number of hydrogen-bond donors (Lipinski definition) is 1. The molecule has 18 heavy (non-hydrogen) atoms. The summed E-state index contributed by atoms with van der Waals surface area (Å²) >= 11 is 0. The number of nitrogens with zero attached hydrogens (tertiary/aromatic N) is 2. The fraction of sp³-hybridized carbons (Fsp3) is 0.467. The zero-order valence-corrected chi connectivity index (χ0v) is 11.6. The minimum Gasteiger partial charge on any atom is -0.363 e. The fourth-order valence-electron chi connectivity index (χ4n) is 1.92. The summed E-state index contributed by atoms with van der Waals surface area (Å²) in [5.74, 6) is 0.903. The molecule has 3 heteroatoms. The van der Waals surface area contributed by atoms with E-state index in [4.69, 9.17) is 0 Å². The van der Waals surface area contributed by atoms with E-state index in [9.17, 15) is 0 Å². The average molecular weight is 243 g/mol. The van der Waals surface area contributed by atoms with E-state index in [0.717, 1.165) is 35.4 Å². The van der Waals surface area contributed by atoms with Gasteiger partial charge in [0.05, 0.1) is 16.7 Å². The van der Waals surface area contributed by atoms with Crippen LogP contribution >= 0.6 is 0 Å². The van der Waals surface area contributed by atoms with Gasteiger partial charge in [-0.2, -0.15) is 0 Å². The number of fused-ring (bicyclic) bond motifs is 1. The first-order valence-corrected chi connectivity index (χ1v) is 6.59. The molecule has 2 aromatic rings. The van der Waals surface area contributed by atoms with Crippen LogP contribution in [0.2, 0.25) is 0 Å². The van der Waals surface area contributed by atoms with E-state index >= 15 is 0 Å². The third kappa shape index (κ3) is 2.45. The topological polar surface area (TPSA) is 37.8 Å². The Balaban J connectivity index is 2.42. The maximum atomic E-state index is 4.68. The van der Waals surface area contributed by atoms with Crippen molar-refractivity contribution in [2.75, 3.05) is 5.32 Å². The Morgan fingerprint density at radius 2 is 1.61 bits per heavy atom. The van der Waals surface area contributed by atoms with Crippen LogP contribution in [0.5, 0.6) is 0 Å². The molecule has 1 heterocycles. The molecule has 0 unspecified atom stereocenters. The van der Waals surface area contributed by atoms with Gasteiger partial charge in [0.25, 0.3) is 0 Å². The van der Waals surface area contributed by atoms with E-state index in [1.807, 2.05) is 31.2 Å². The van der Waals surface area contributed by atoms with Crippen LogP contribution in [-0.4, -0.2) is 15.5 Å². The summed E-state index contributed by atoms with van der Waals surface area (Å²) in [6.45, 7) is 8.62. The highest BCUT2D eigenvalue weighted by atomic mass is 15.1.